The maximum atomic E-state index is 12.0. The van der Waals surface area contributed by atoms with Gasteiger partial charge in [0, 0.05) is 5.56 Å². The van der Waals surface area contributed by atoms with Crippen molar-refractivity contribution in [3.8, 4) is 17.6 Å². The number of ether oxygens (including phenoxy) is 3. The average Bonchev–Trinajstić information content (AvgIpc) is 3.14. The molecule has 21 heavy (non-hydrogen) atoms. The number of methoxy groups -OCH3 is 1. The number of hydrogen-bond acceptors (Lipinski definition) is 4. The molecule has 2 fully saturated rings. The second-order valence-corrected chi connectivity index (χ2v) is 5.36. The third-order valence-electron chi connectivity index (χ3n) is 4.00. The predicted molar refractivity (Wildman–Crippen MR) is 76.8 cm³/mol. The third-order valence-corrected chi connectivity index (χ3v) is 4.00. The highest BCUT2D eigenvalue weighted by Crippen LogP contribution is 2.39. The fraction of sp³-hybridized carbons (Fsp3) is 0.471. The Hall–Kier alpha value is -1.99. The van der Waals surface area contributed by atoms with E-state index in [1.54, 1.807) is 7.11 Å². The molecular weight excluding hydrogens is 268 g/mol. The smallest absolute Gasteiger partial charge is 0.312 e. The lowest BCUT2D eigenvalue weighted by Gasteiger charge is -2.15. The van der Waals surface area contributed by atoms with Gasteiger partial charge in [-0.15, -0.1) is 0 Å². The van der Waals surface area contributed by atoms with Crippen molar-refractivity contribution < 1.29 is 19.0 Å². The molecule has 4 nitrogen and oxygen atoms in total. The quantitative estimate of drug-likeness (QED) is 0.631. The Morgan fingerprint density at radius 3 is 3.05 bits per heavy atom. The molecule has 3 atom stereocenters. The zero-order chi connectivity index (χ0) is 14.7. The summed E-state index contributed by atoms with van der Waals surface area (Å²) in [4.78, 5) is 12.0. The number of fused-ring (bicyclic) bond motifs is 2. The molecule has 2 bridgehead atoms. The zero-order valence-corrected chi connectivity index (χ0v) is 12.0. The topological polar surface area (TPSA) is 44.8 Å². The SMILES string of the molecule is COc1cccc(C#CCOC(=O)[C@H]2C[C@H]3CC[C@H]2O3)c1. The molecular formula is C17H18O4. The van der Waals surface area contributed by atoms with E-state index in [9.17, 15) is 4.79 Å². The maximum absolute atomic E-state index is 12.0. The molecule has 2 aliphatic heterocycles. The largest absolute Gasteiger partial charge is 0.497 e. The van der Waals surface area contributed by atoms with Crippen LogP contribution in [0.2, 0.25) is 0 Å². The Labute approximate surface area is 124 Å². The van der Waals surface area contributed by atoms with E-state index in [1.165, 1.54) is 0 Å². The Morgan fingerprint density at radius 1 is 1.43 bits per heavy atom. The van der Waals surface area contributed by atoms with Crippen LogP contribution in [-0.4, -0.2) is 31.9 Å². The van der Waals surface area contributed by atoms with E-state index in [1.807, 2.05) is 24.3 Å². The summed E-state index contributed by atoms with van der Waals surface area (Å²) in [7, 11) is 1.62. The van der Waals surface area contributed by atoms with Crippen LogP contribution in [0.4, 0.5) is 0 Å². The van der Waals surface area contributed by atoms with Crippen LogP contribution in [0.5, 0.6) is 5.75 Å². The molecule has 1 aromatic rings. The van der Waals surface area contributed by atoms with E-state index in [2.05, 4.69) is 11.8 Å². The summed E-state index contributed by atoms with van der Waals surface area (Å²) in [5.41, 5.74) is 0.841. The van der Waals surface area contributed by atoms with Crippen molar-refractivity contribution >= 4 is 5.97 Å². The molecule has 2 heterocycles. The first-order chi connectivity index (χ1) is 10.3. The second-order valence-electron chi connectivity index (χ2n) is 5.36. The maximum Gasteiger partial charge on any atom is 0.312 e. The average molecular weight is 286 g/mol. The lowest BCUT2D eigenvalue weighted by molar-refractivity contribution is -0.148. The van der Waals surface area contributed by atoms with Gasteiger partial charge in [-0.1, -0.05) is 17.9 Å². The normalized spacial score (nSPS) is 26.0. The number of rotatable bonds is 3. The summed E-state index contributed by atoms with van der Waals surface area (Å²) in [6.07, 6.45) is 3.17. The highest BCUT2D eigenvalue weighted by atomic mass is 16.5. The molecule has 2 saturated heterocycles. The van der Waals surface area contributed by atoms with Gasteiger partial charge >= 0.3 is 5.97 Å². The summed E-state index contributed by atoms with van der Waals surface area (Å²) < 4.78 is 16.0. The van der Waals surface area contributed by atoms with Crippen molar-refractivity contribution in [1.82, 2.24) is 0 Å². The first-order valence-corrected chi connectivity index (χ1v) is 7.21. The highest BCUT2D eigenvalue weighted by molar-refractivity contribution is 5.74. The van der Waals surface area contributed by atoms with E-state index < -0.39 is 0 Å². The summed E-state index contributed by atoms with van der Waals surface area (Å²) in [5, 5.41) is 0. The van der Waals surface area contributed by atoms with Crippen LogP contribution in [0.1, 0.15) is 24.8 Å². The summed E-state index contributed by atoms with van der Waals surface area (Å²) >= 11 is 0. The van der Waals surface area contributed by atoms with Crippen LogP contribution in [0.3, 0.4) is 0 Å². The number of carbonyl (C=O) groups excluding carboxylic acids is 1. The van der Waals surface area contributed by atoms with Crippen molar-refractivity contribution in [1.29, 1.82) is 0 Å². The van der Waals surface area contributed by atoms with E-state index in [-0.39, 0.29) is 30.7 Å². The van der Waals surface area contributed by atoms with Crippen molar-refractivity contribution in [2.24, 2.45) is 5.92 Å². The lowest BCUT2D eigenvalue weighted by atomic mass is 9.89. The Kier molecular flexibility index (Phi) is 4.12. The van der Waals surface area contributed by atoms with Gasteiger partial charge < -0.3 is 14.2 Å². The molecule has 0 amide bonds. The van der Waals surface area contributed by atoms with Gasteiger partial charge in [0.15, 0.2) is 6.61 Å². The van der Waals surface area contributed by atoms with Crippen molar-refractivity contribution in [3.63, 3.8) is 0 Å². The zero-order valence-electron chi connectivity index (χ0n) is 12.0. The van der Waals surface area contributed by atoms with Crippen LogP contribution in [0.25, 0.3) is 0 Å². The lowest BCUT2D eigenvalue weighted by Crippen LogP contribution is -2.27. The van der Waals surface area contributed by atoms with E-state index in [0.717, 1.165) is 30.6 Å². The van der Waals surface area contributed by atoms with Gasteiger partial charge in [-0.2, -0.15) is 0 Å². The Morgan fingerprint density at radius 2 is 2.33 bits per heavy atom. The van der Waals surface area contributed by atoms with Gasteiger partial charge in [0.2, 0.25) is 0 Å². The first kappa shape index (κ1) is 14.0. The standard InChI is InChI=1S/C17H18O4/c1-19-13-6-2-4-12(10-13)5-3-9-20-17(18)15-11-14-7-8-16(15)21-14/h2,4,6,10,14-16H,7-9,11H2,1H3/t14-,15+,16-/m1/s1. The van der Waals surface area contributed by atoms with Gasteiger partial charge in [-0.25, -0.2) is 0 Å². The van der Waals surface area contributed by atoms with Gasteiger partial charge in [0.05, 0.1) is 25.2 Å². The molecule has 0 unspecified atom stereocenters. The van der Waals surface area contributed by atoms with Crippen molar-refractivity contribution in [2.75, 3.05) is 13.7 Å². The van der Waals surface area contributed by atoms with E-state index in [0.29, 0.717) is 0 Å². The Bertz CT molecular complexity index is 584. The van der Waals surface area contributed by atoms with Crippen molar-refractivity contribution in [3.05, 3.63) is 29.8 Å². The monoisotopic (exact) mass is 286 g/mol. The molecule has 1 aromatic carbocycles. The minimum absolute atomic E-state index is 0.0637. The first-order valence-electron chi connectivity index (χ1n) is 7.21. The molecule has 0 aromatic heterocycles. The highest BCUT2D eigenvalue weighted by Gasteiger charge is 2.45. The van der Waals surface area contributed by atoms with Gasteiger partial charge in [0.1, 0.15) is 5.75 Å². The van der Waals surface area contributed by atoms with Crippen LogP contribution in [0, 0.1) is 17.8 Å². The fourth-order valence-electron chi connectivity index (χ4n) is 2.94. The fourth-order valence-corrected chi connectivity index (χ4v) is 2.94. The molecule has 0 spiro atoms. The summed E-state index contributed by atoms with van der Waals surface area (Å²) in [6, 6.07) is 7.47. The van der Waals surface area contributed by atoms with Crippen LogP contribution in [0.15, 0.2) is 24.3 Å². The third kappa shape index (κ3) is 3.20. The summed E-state index contributed by atoms with van der Waals surface area (Å²) in [6.45, 7) is 0.115. The molecule has 3 rings (SSSR count). The number of hydrogen-bond donors (Lipinski definition) is 0. The molecule has 0 radical (unpaired) electrons. The van der Waals surface area contributed by atoms with Crippen molar-refractivity contribution in [2.45, 2.75) is 31.5 Å². The number of benzene rings is 1. The Balaban J connectivity index is 1.50. The molecule has 110 valence electrons. The van der Waals surface area contributed by atoms with Crippen LogP contribution < -0.4 is 4.74 Å². The van der Waals surface area contributed by atoms with Gasteiger partial charge in [0.25, 0.3) is 0 Å². The molecule has 0 saturated carbocycles. The molecule has 4 heteroatoms. The van der Waals surface area contributed by atoms with Crippen LogP contribution in [-0.2, 0) is 14.3 Å². The predicted octanol–water partition coefficient (Wildman–Crippen LogP) is 2.16. The van der Waals surface area contributed by atoms with Crippen LogP contribution >= 0.6 is 0 Å². The molecule has 0 aliphatic carbocycles. The van der Waals surface area contributed by atoms with E-state index in [4.69, 9.17) is 14.2 Å². The molecule has 0 N–H and O–H groups in total. The summed E-state index contributed by atoms with van der Waals surface area (Å²) in [5.74, 6) is 6.31. The van der Waals surface area contributed by atoms with Gasteiger partial charge in [-0.05, 0) is 37.5 Å². The molecule has 2 aliphatic rings. The minimum Gasteiger partial charge on any atom is -0.497 e. The minimum atomic E-state index is -0.179. The second kappa shape index (κ2) is 6.19. The van der Waals surface area contributed by atoms with E-state index >= 15 is 0 Å². The number of esters is 1. The van der Waals surface area contributed by atoms with Gasteiger partial charge in [-0.3, -0.25) is 4.79 Å². The number of carbonyl (C=O) groups is 1.